The van der Waals surface area contributed by atoms with Crippen LogP contribution < -0.4 is 5.32 Å². The van der Waals surface area contributed by atoms with Gasteiger partial charge in [-0.2, -0.15) is 0 Å². The van der Waals surface area contributed by atoms with Gasteiger partial charge < -0.3 is 5.32 Å². The van der Waals surface area contributed by atoms with Crippen LogP contribution in [0.25, 0.3) is 0 Å². The van der Waals surface area contributed by atoms with Gasteiger partial charge in [-0.05, 0) is 11.1 Å². The molecule has 11 heavy (non-hydrogen) atoms. The lowest BCUT2D eigenvalue weighted by atomic mass is 10.1. The zero-order valence-electron chi connectivity index (χ0n) is 6.64. The van der Waals surface area contributed by atoms with Crippen LogP contribution >= 0.6 is 0 Å². The molecule has 58 valence electrons. The van der Waals surface area contributed by atoms with Crippen molar-refractivity contribution < 1.29 is 0 Å². The summed E-state index contributed by atoms with van der Waals surface area (Å²) in [4.78, 5) is 0. The minimum Gasteiger partial charge on any atom is -0.309 e. The van der Waals surface area contributed by atoms with Gasteiger partial charge in [0.25, 0.3) is 0 Å². The fraction of sp³-hybridized carbons (Fsp3) is 0.200. The van der Waals surface area contributed by atoms with Crippen molar-refractivity contribution in [3.05, 3.63) is 48.6 Å². The molecule has 1 aliphatic heterocycles. The molecule has 0 fully saturated rings. The van der Waals surface area contributed by atoms with E-state index in [2.05, 4.69) is 24.6 Å². The first kappa shape index (κ1) is 8.02. The van der Waals surface area contributed by atoms with Gasteiger partial charge in [0.2, 0.25) is 0 Å². The second-order valence-electron chi connectivity index (χ2n) is 2.48. The Labute approximate surface area is 67.8 Å². The highest BCUT2D eigenvalue weighted by molar-refractivity contribution is 5.41. The average Bonchev–Trinajstić information content (AvgIpc) is 2.52. The molecule has 1 heteroatoms. The van der Waals surface area contributed by atoms with E-state index >= 15 is 0 Å². The molecule has 0 aromatic rings. The third kappa shape index (κ3) is 2.20. The van der Waals surface area contributed by atoms with E-state index in [0.717, 1.165) is 18.7 Å². The van der Waals surface area contributed by atoms with Crippen molar-refractivity contribution in [2.75, 3.05) is 13.1 Å². The number of nitrogens with one attached hydrogen (secondary N) is 1. The van der Waals surface area contributed by atoms with Crippen LogP contribution in [0.4, 0.5) is 0 Å². The summed E-state index contributed by atoms with van der Waals surface area (Å²) in [6, 6.07) is 0. The Kier molecular flexibility index (Phi) is 2.87. The predicted molar refractivity (Wildman–Crippen MR) is 49.4 cm³/mol. The van der Waals surface area contributed by atoms with Crippen molar-refractivity contribution in [3.8, 4) is 0 Å². The van der Waals surface area contributed by atoms with Gasteiger partial charge >= 0.3 is 0 Å². The lowest BCUT2D eigenvalue weighted by Gasteiger charge is -1.98. The third-order valence-corrected chi connectivity index (χ3v) is 1.65. The molecule has 0 aromatic carbocycles. The van der Waals surface area contributed by atoms with Crippen molar-refractivity contribution in [3.63, 3.8) is 0 Å². The maximum Gasteiger partial charge on any atom is 0.0211 e. The lowest BCUT2D eigenvalue weighted by Crippen LogP contribution is -2.08. The van der Waals surface area contributed by atoms with E-state index in [1.165, 1.54) is 5.57 Å². The predicted octanol–water partition coefficient (Wildman–Crippen LogP) is 1.81. The van der Waals surface area contributed by atoms with E-state index in [1.54, 1.807) is 6.08 Å². The summed E-state index contributed by atoms with van der Waals surface area (Å²) in [5.74, 6) is 0. The average molecular weight is 147 g/mol. The van der Waals surface area contributed by atoms with E-state index in [1.807, 2.05) is 12.2 Å². The Morgan fingerprint density at radius 2 is 2.45 bits per heavy atom. The first-order valence-corrected chi connectivity index (χ1v) is 3.72. The van der Waals surface area contributed by atoms with Crippen molar-refractivity contribution in [2.45, 2.75) is 0 Å². The molecule has 0 amide bonds. The van der Waals surface area contributed by atoms with Gasteiger partial charge in [0.15, 0.2) is 0 Å². The highest BCUT2D eigenvalue weighted by Gasteiger charge is 2.03. The molecule has 1 aliphatic rings. The molecule has 0 saturated carbocycles. The standard InChI is InChI=1S/C10H13N/c1-3-4-5-9(2)10-6-7-11-8-10/h3-6,11H,1-2,7-8H2/b5-4-. The van der Waals surface area contributed by atoms with Crippen LogP contribution in [0.3, 0.4) is 0 Å². The van der Waals surface area contributed by atoms with Crippen LogP contribution in [0.2, 0.25) is 0 Å². The topological polar surface area (TPSA) is 12.0 Å². The van der Waals surface area contributed by atoms with Crippen molar-refractivity contribution in [1.82, 2.24) is 5.32 Å². The van der Waals surface area contributed by atoms with Crippen molar-refractivity contribution in [2.24, 2.45) is 0 Å². The zero-order valence-corrected chi connectivity index (χ0v) is 6.64. The summed E-state index contributed by atoms with van der Waals surface area (Å²) < 4.78 is 0. The van der Waals surface area contributed by atoms with Crippen LogP contribution in [0.15, 0.2) is 48.6 Å². The van der Waals surface area contributed by atoms with E-state index in [4.69, 9.17) is 0 Å². The van der Waals surface area contributed by atoms with Crippen LogP contribution in [-0.2, 0) is 0 Å². The largest absolute Gasteiger partial charge is 0.309 e. The second kappa shape index (κ2) is 3.94. The van der Waals surface area contributed by atoms with E-state index in [9.17, 15) is 0 Å². The first-order valence-electron chi connectivity index (χ1n) is 3.72. The van der Waals surface area contributed by atoms with Gasteiger partial charge in [0.05, 0.1) is 0 Å². The number of hydrogen-bond donors (Lipinski definition) is 1. The Morgan fingerprint density at radius 3 is 3.00 bits per heavy atom. The first-order chi connectivity index (χ1) is 5.34. The van der Waals surface area contributed by atoms with Gasteiger partial charge in [-0.25, -0.2) is 0 Å². The summed E-state index contributed by atoms with van der Waals surface area (Å²) in [6.45, 7) is 9.44. The Morgan fingerprint density at radius 1 is 1.64 bits per heavy atom. The van der Waals surface area contributed by atoms with Gasteiger partial charge in [-0.3, -0.25) is 0 Å². The maximum absolute atomic E-state index is 3.93. The van der Waals surface area contributed by atoms with Crippen LogP contribution in [0.1, 0.15) is 0 Å². The highest BCUT2D eigenvalue weighted by atomic mass is 14.9. The summed E-state index contributed by atoms with van der Waals surface area (Å²) in [7, 11) is 0. The number of rotatable bonds is 3. The Balaban J connectivity index is 2.53. The van der Waals surface area contributed by atoms with Gasteiger partial charge in [-0.15, -0.1) is 0 Å². The molecule has 0 unspecified atom stereocenters. The minimum atomic E-state index is 0.945. The molecule has 0 aromatic heterocycles. The molecule has 1 nitrogen and oxygen atoms in total. The molecule has 0 saturated heterocycles. The lowest BCUT2D eigenvalue weighted by molar-refractivity contribution is 0.879. The molecule has 0 bridgehead atoms. The molecule has 1 N–H and O–H groups in total. The van der Waals surface area contributed by atoms with Gasteiger partial charge in [-0.1, -0.05) is 37.5 Å². The van der Waals surface area contributed by atoms with E-state index < -0.39 is 0 Å². The fourth-order valence-electron chi connectivity index (χ4n) is 1.01. The molecule has 0 atom stereocenters. The Bertz CT molecular complexity index is 221. The highest BCUT2D eigenvalue weighted by Crippen LogP contribution is 2.10. The summed E-state index contributed by atoms with van der Waals surface area (Å²) in [5, 5.41) is 3.22. The van der Waals surface area contributed by atoms with Crippen LogP contribution in [0.5, 0.6) is 0 Å². The van der Waals surface area contributed by atoms with Crippen LogP contribution in [0, 0.1) is 0 Å². The molecule has 1 rings (SSSR count). The molecule has 0 spiro atoms. The maximum atomic E-state index is 3.93. The molecular weight excluding hydrogens is 134 g/mol. The zero-order chi connectivity index (χ0) is 8.10. The Hall–Kier alpha value is -1.08. The quantitative estimate of drug-likeness (QED) is 0.600. The summed E-state index contributed by atoms with van der Waals surface area (Å²) >= 11 is 0. The number of hydrogen-bond acceptors (Lipinski definition) is 1. The normalized spacial score (nSPS) is 16.9. The fourth-order valence-corrected chi connectivity index (χ4v) is 1.01. The molecule has 0 aliphatic carbocycles. The minimum absolute atomic E-state index is 0.945. The summed E-state index contributed by atoms with van der Waals surface area (Å²) in [5.41, 5.74) is 2.37. The monoisotopic (exact) mass is 147 g/mol. The van der Waals surface area contributed by atoms with Gasteiger partial charge in [0, 0.05) is 13.1 Å². The summed E-state index contributed by atoms with van der Waals surface area (Å²) in [6.07, 6.45) is 7.80. The molecule has 0 radical (unpaired) electrons. The van der Waals surface area contributed by atoms with Gasteiger partial charge in [0.1, 0.15) is 0 Å². The number of allylic oxidation sites excluding steroid dienone is 3. The molecular formula is C10H13N. The third-order valence-electron chi connectivity index (χ3n) is 1.65. The second-order valence-corrected chi connectivity index (χ2v) is 2.48. The SMILES string of the molecule is C=C/C=C\C(=C)C1=CCNC1. The van der Waals surface area contributed by atoms with Crippen molar-refractivity contribution >= 4 is 0 Å². The van der Waals surface area contributed by atoms with E-state index in [-0.39, 0.29) is 0 Å². The molecule has 1 heterocycles. The van der Waals surface area contributed by atoms with Crippen LogP contribution in [-0.4, -0.2) is 13.1 Å². The van der Waals surface area contributed by atoms with E-state index in [0.29, 0.717) is 0 Å². The smallest absolute Gasteiger partial charge is 0.0211 e. The van der Waals surface area contributed by atoms with Crippen molar-refractivity contribution in [1.29, 1.82) is 0 Å².